The number of ether oxygens (including phenoxy) is 1. The van der Waals surface area contributed by atoms with Crippen LogP contribution in [-0.4, -0.2) is 54.6 Å². The first-order valence-corrected chi connectivity index (χ1v) is 11.8. The van der Waals surface area contributed by atoms with Crippen molar-refractivity contribution in [2.45, 2.75) is 50.2 Å². The minimum Gasteiger partial charge on any atom is -0.497 e. The molecule has 3 fully saturated rings. The van der Waals surface area contributed by atoms with Crippen LogP contribution in [0.4, 0.5) is 5.82 Å². The summed E-state index contributed by atoms with van der Waals surface area (Å²) >= 11 is 0. The molecule has 0 spiro atoms. The van der Waals surface area contributed by atoms with E-state index < -0.39 is 0 Å². The third-order valence-corrected chi connectivity index (χ3v) is 7.58. The number of hydrogen-bond donors (Lipinski definition) is 1. The first-order valence-electron chi connectivity index (χ1n) is 11.8. The summed E-state index contributed by atoms with van der Waals surface area (Å²) in [4.78, 5) is 22.0. The summed E-state index contributed by atoms with van der Waals surface area (Å²) in [5.41, 5.74) is 1.86. The summed E-state index contributed by atoms with van der Waals surface area (Å²) in [6.07, 6.45) is 5.42. The van der Waals surface area contributed by atoms with Gasteiger partial charge in [0.05, 0.1) is 18.7 Å². The Balaban J connectivity index is 1.17. The molecule has 2 unspecified atom stereocenters. The van der Waals surface area contributed by atoms with Crippen LogP contribution >= 0.6 is 0 Å². The van der Waals surface area contributed by atoms with Crippen LogP contribution in [0, 0.1) is 17.2 Å². The second-order valence-electron chi connectivity index (χ2n) is 9.64. The number of hydrogen-bond acceptors (Lipinski definition) is 6. The Kier molecular flexibility index (Phi) is 5.71. The number of rotatable bonds is 7. The lowest BCUT2D eigenvalue weighted by atomic mass is 10.0. The van der Waals surface area contributed by atoms with Gasteiger partial charge in [-0.15, -0.1) is 0 Å². The smallest absolute Gasteiger partial charge is 0.223 e. The molecule has 2 bridgehead atoms. The van der Waals surface area contributed by atoms with Crippen molar-refractivity contribution in [2.24, 2.45) is 5.92 Å². The molecule has 1 aliphatic carbocycles. The van der Waals surface area contributed by atoms with E-state index in [1.165, 1.54) is 5.56 Å². The highest BCUT2D eigenvalue weighted by atomic mass is 16.5. The molecular weight excluding hydrogens is 414 g/mol. The minimum atomic E-state index is 0.0139. The molecule has 0 radical (unpaired) electrons. The maximum absolute atomic E-state index is 13.1. The number of nitrogens with one attached hydrogen (secondary N) is 1. The Bertz CT molecular complexity index is 1040. The van der Waals surface area contributed by atoms with Crippen molar-refractivity contribution in [3.8, 4) is 11.8 Å². The van der Waals surface area contributed by atoms with Gasteiger partial charge in [0.1, 0.15) is 17.6 Å². The van der Waals surface area contributed by atoms with Crippen LogP contribution < -0.4 is 15.0 Å². The van der Waals surface area contributed by atoms with Gasteiger partial charge in [-0.3, -0.25) is 4.79 Å². The van der Waals surface area contributed by atoms with E-state index in [9.17, 15) is 4.79 Å². The Hall–Kier alpha value is -3.11. The zero-order chi connectivity index (χ0) is 23.0. The average Bonchev–Trinajstić information content (AvgIpc) is 3.61. The Morgan fingerprint density at radius 1 is 1.24 bits per heavy atom. The molecule has 3 atom stereocenters. The number of fused-ring (bicyclic) bond motifs is 2. The predicted molar refractivity (Wildman–Crippen MR) is 126 cm³/mol. The molecule has 172 valence electrons. The van der Waals surface area contributed by atoms with Crippen LogP contribution in [0.5, 0.6) is 5.75 Å². The van der Waals surface area contributed by atoms with Gasteiger partial charge in [0.25, 0.3) is 0 Å². The van der Waals surface area contributed by atoms with Gasteiger partial charge < -0.3 is 19.9 Å². The van der Waals surface area contributed by atoms with E-state index in [4.69, 9.17) is 10.00 Å². The lowest BCUT2D eigenvalue weighted by Crippen LogP contribution is -2.56. The van der Waals surface area contributed by atoms with Crippen molar-refractivity contribution in [1.29, 1.82) is 5.26 Å². The number of carbonyl (C=O) groups is 1. The molecule has 1 aromatic carbocycles. The van der Waals surface area contributed by atoms with E-state index in [2.05, 4.69) is 40.3 Å². The standard InChI is InChI=1S/C26H31N5O2/c1-18-13-21-16-30(17-23(18)31(21)24-8-3-19(14-27)15-28-24)25(32)9-12-29-26(10-11-26)20-4-6-22(33-2)7-5-20/h3-8,15,18,21,23,29H,9-13,16-17H2,1-2H3/t18-,21?,23?/m0/s1. The van der Waals surface area contributed by atoms with E-state index in [-0.39, 0.29) is 23.5 Å². The van der Waals surface area contributed by atoms with Gasteiger partial charge in [-0.2, -0.15) is 5.26 Å². The summed E-state index contributed by atoms with van der Waals surface area (Å²) in [5, 5.41) is 12.7. The Morgan fingerprint density at radius 3 is 2.64 bits per heavy atom. The summed E-state index contributed by atoms with van der Waals surface area (Å²) < 4.78 is 5.27. The summed E-state index contributed by atoms with van der Waals surface area (Å²) in [6.45, 7) is 4.43. The van der Waals surface area contributed by atoms with Crippen LogP contribution in [0.2, 0.25) is 0 Å². The Morgan fingerprint density at radius 2 is 2.03 bits per heavy atom. The molecular formula is C26H31N5O2. The molecule has 1 saturated carbocycles. The van der Waals surface area contributed by atoms with Gasteiger partial charge in [-0.05, 0) is 55.0 Å². The van der Waals surface area contributed by atoms with Crippen molar-refractivity contribution in [2.75, 3.05) is 31.6 Å². The fourth-order valence-corrected chi connectivity index (χ4v) is 5.56. The molecule has 2 aliphatic heterocycles. The first kappa shape index (κ1) is 21.7. The zero-order valence-corrected chi connectivity index (χ0v) is 19.3. The van der Waals surface area contributed by atoms with Crippen molar-refractivity contribution in [1.82, 2.24) is 15.2 Å². The van der Waals surface area contributed by atoms with Gasteiger partial charge in [0.15, 0.2) is 0 Å². The third kappa shape index (κ3) is 4.16. The number of nitriles is 1. The molecule has 2 saturated heterocycles. The maximum Gasteiger partial charge on any atom is 0.223 e. The van der Waals surface area contributed by atoms with E-state index in [0.29, 0.717) is 24.4 Å². The lowest BCUT2D eigenvalue weighted by molar-refractivity contribution is -0.132. The van der Waals surface area contributed by atoms with Gasteiger partial charge in [-0.1, -0.05) is 19.1 Å². The van der Waals surface area contributed by atoms with E-state index in [0.717, 1.165) is 43.9 Å². The summed E-state index contributed by atoms with van der Waals surface area (Å²) in [7, 11) is 1.68. The molecule has 1 amide bonds. The topological polar surface area (TPSA) is 81.5 Å². The van der Waals surface area contributed by atoms with E-state index >= 15 is 0 Å². The van der Waals surface area contributed by atoms with Crippen LogP contribution in [0.25, 0.3) is 0 Å². The molecule has 1 aromatic heterocycles. The number of pyridine rings is 1. The fourth-order valence-electron chi connectivity index (χ4n) is 5.56. The van der Waals surface area contributed by atoms with Crippen molar-refractivity contribution in [3.63, 3.8) is 0 Å². The number of benzene rings is 1. The first-order chi connectivity index (χ1) is 16.0. The highest BCUT2D eigenvalue weighted by Gasteiger charge is 2.46. The molecule has 3 heterocycles. The number of piperazine rings is 1. The zero-order valence-electron chi connectivity index (χ0n) is 19.3. The highest BCUT2D eigenvalue weighted by molar-refractivity contribution is 5.77. The molecule has 1 N–H and O–H groups in total. The molecule has 5 rings (SSSR count). The van der Waals surface area contributed by atoms with Gasteiger partial charge >= 0.3 is 0 Å². The number of methoxy groups -OCH3 is 1. The second-order valence-corrected chi connectivity index (χ2v) is 9.64. The highest BCUT2D eigenvalue weighted by Crippen LogP contribution is 2.45. The number of nitrogens with zero attached hydrogens (tertiary/aromatic N) is 4. The quantitative estimate of drug-likeness (QED) is 0.706. The molecule has 3 aliphatic rings. The van der Waals surface area contributed by atoms with Crippen LogP contribution in [0.1, 0.15) is 43.7 Å². The van der Waals surface area contributed by atoms with Crippen LogP contribution in [-0.2, 0) is 10.3 Å². The van der Waals surface area contributed by atoms with Crippen molar-refractivity contribution in [3.05, 3.63) is 53.7 Å². The van der Waals surface area contributed by atoms with Gasteiger partial charge in [-0.25, -0.2) is 4.98 Å². The SMILES string of the molecule is COc1ccc(C2(NCCC(=O)N3CC4C[C@H](C)C(C3)N4c3ccc(C#N)cn3)CC2)cc1. The number of carbonyl (C=O) groups excluding carboxylic acids is 1. The molecule has 33 heavy (non-hydrogen) atoms. The van der Waals surface area contributed by atoms with E-state index in [1.54, 1.807) is 13.3 Å². The second kappa shape index (κ2) is 8.68. The van der Waals surface area contributed by atoms with Gasteiger partial charge in [0, 0.05) is 43.8 Å². The summed E-state index contributed by atoms with van der Waals surface area (Å²) in [6, 6.07) is 14.7. The lowest BCUT2D eigenvalue weighted by Gasteiger charge is -2.42. The number of amides is 1. The molecule has 7 nitrogen and oxygen atoms in total. The molecule has 7 heteroatoms. The minimum absolute atomic E-state index is 0.0139. The predicted octanol–water partition coefficient (Wildman–Crippen LogP) is 3.06. The third-order valence-electron chi connectivity index (χ3n) is 7.58. The van der Waals surface area contributed by atoms with Crippen molar-refractivity contribution >= 4 is 11.7 Å². The average molecular weight is 446 g/mol. The Labute approximate surface area is 195 Å². The fraction of sp³-hybridized carbons (Fsp3) is 0.500. The van der Waals surface area contributed by atoms with Gasteiger partial charge in [0.2, 0.25) is 5.91 Å². The number of likely N-dealkylation sites (tertiary alicyclic amines) is 1. The monoisotopic (exact) mass is 445 g/mol. The van der Waals surface area contributed by atoms with Crippen molar-refractivity contribution < 1.29 is 9.53 Å². The normalized spacial score (nSPS) is 24.9. The molecule has 2 aromatic rings. The largest absolute Gasteiger partial charge is 0.497 e. The number of aromatic nitrogens is 1. The van der Waals surface area contributed by atoms with Crippen LogP contribution in [0.3, 0.4) is 0 Å². The van der Waals surface area contributed by atoms with Crippen LogP contribution in [0.15, 0.2) is 42.6 Å². The summed E-state index contributed by atoms with van der Waals surface area (Å²) in [5.74, 6) is 2.51. The number of anilines is 1. The maximum atomic E-state index is 13.1. The van der Waals surface area contributed by atoms with E-state index in [1.807, 2.05) is 29.2 Å².